The molecule has 114 valence electrons. The number of hydrogen-bond donors (Lipinski definition) is 1. The van der Waals surface area contributed by atoms with Crippen molar-refractivity contribution in [3.05, 3.63) is 89.7 Å². The first kappa shape index (κ1) is 15.0. The summed E-state index contributed by atoms with van der Waals surface area (Å²) in [7, 11) is 0. The highest BCUT2D eigenvalue weighted by Gasteiger charge is 2.14. The monoisotopic (exact) mass is 305 g/mol. The summed E-state index contributed by atoms with van der Waals surface area (Å²) in [4.78, 5) is 12.6. The fourth-order valence-electron chi connectivity index (χ4n) is 2.48. The third-order valence-corrected chi connectivity index (χ3v) is 3.63. The second kappa shape index (κ2) is 6.44. The Morgan fingerprint density at radius 3 is 2.39 bits per heavy atom. The van der Waals surface area contributed by atoms with Crippen molar-refractivity contribution in [3.8, 4) is 11.1 Å². The van der Waals surface area contributed by atoms with E-state index in [1.807, 2.05) is 49.4 Å². The van der Waals surface area contributed by atoms with Gasteiger partial charge in [0.1, 0.15) is 5.82 Å². The highest BCUT2D eigenvalue weighted by atomic mass is 19.1. The van der Waals surface area contributed by atoms with Crippen LogP contribution in [-0.4, -0.2) is 5.91 Å². The lowest BCUT2D eigenvalue weighted by Gasteiger charge is -2.11. The minimum absolute atomic E-state index is 0.192. The number of benzene rings is 3. The van der Waals surface area contributed by atoms with E-state index in [2.05, 4.69) is 5.32 Å². The summed E-state index contributed by atoms with van der Waals surface area (Å²) >= 11 is 0. The van der Waals surface area contributed by atoms with Gasteiger partial charge in [-0.25, -0.2) is 4.39 Å². The minimum Gasteiger partial charge on any atom is -0.319 e. The Labute approximate surface area is 134 Å². The van der Waals surface area contributed by atoms with Crippen LogP contribution in [0.5, 0.6) is 0 Å². The van der Waals surface area contributed by atoms with Crippen LogP contribution in [-0.2, 0) is 0 Å². The van der Waals surface area contributed by atoms with E-state index < -0.39 is 5.82 Å². The molecule has 0 saturated heterocycles. The molecule has 0 aliphatic heterocycles. The van der Waals surface area contributed by atoms with Crippen LogP contribution in [0.4, 0.5) is 10.1 Å². The molecular weight excluding hydrogens is 289 g/mol. The fourth-order valence-corrected chi connectivity index (χ4v) is 2.48. The molecule has 3 rings (SSSR count). The van der Waals surface area contributed by atoms with Gasteiger partial charge in [0.15, 0.2) is 0 Å². The summed E-state index contributed by atoms with van der Waals surface area (Å²) in [6.45, 7) is 1.85. The van der Waals surface area contributed by atoms with Crippen molar-refractivity contribution in [2.24, 2.45) is 0 Å². The molecule has 0 aromatic heterocycles. The number of aryl methyl sites for hydroxylation is 1. The minimum atomic E-state index is -0.443. The van der Waals surface area contributed by atoms with Crippen LogP contribution < -0.4 is 5.32 Å². The molecule has 0 saturated carbocycles. The zero-order chi connectivity index (χ0) is 16.2. The van der Waals surface area contributed by atoms with Crippen molar-refractivity contribution in [1.82, 2.24) is 0 Å². The molecule has 1 N–H and O–H groups in total. The number of nitrogens with one attached hydrogen (secondary N) is 1. The topological polar surface area (TPSA) is 29.1 Å². The summed E-state index contributed by atoms with van der Waals surface area (Å²) in [5.41, 5.74) is 3.36. The van der Waals surface area contributed by atoms with Crippen LogP contribution >= 0.6 is 0 Å². The van der Waals surface area contributed by atoms with Crippen LogP contribution in [0.15, 0.2) is 72.8 Å². The van der Waals surface area contributed by atoms with Crippen LogP contribution in [0.2, 0.25) is 0 Å². The third kappa shape index (κ3) is 3.29. The molecule has 3 heteroatoms. The first-order valence-electron chi connectivity index (χ1n) is 7.37. The average Bonchev–Trinajstić information content (AvgIpc) is 2.59. The van der Waals surface area contributed by atoms with Gasteiger partial charge in [0.05, 0.1) is 5.69 Å². The smallest absolute Gasteiger partial charge is 0.256 e. The molecule has 0 spiro atoms. The molecule has 3 aromatic rings. The maximum absolute atomic E-state index is 13.9. The standard InChI is InChI=1S/C20H16FNO/c1-14-11-12-18(21)19(13-14)22-20(23)17-10-6-5-9-16(17)15-7-3-2-4-8-15/h2-13H,1H3,(H,22,23). The van der Waals surface area contributed by atoms with E-state index in [0.29, 0.717) is 5.56 Å². The summed E-state index contributed by atoms with van der Waals surface area (Å²) in [6, 6.07) is 21.6. The van der Waals surface area contributed by atoms with Gasteiger partial charge < -0.3 is 5.32 Å². The predicted molar refractivity (Wildman–Crippen MR) is 91.0 cm³/mol. The third-order valence-electron chi connectivity index (χ3n) is 3.63. The van der Waals surface area contributed by atoms with Gasteiger partial charge in [-0.1, -0.05) is 54.6 Å². The summed E-state index contributed by atoms with van der Waals surface area (Å²) in [6.07, 6.45) is 0. The number of amides is 1. The Balaban J connectivity index is 1.96. The van der Waals surface area contributed by atoms with E-state index in [-0.39, 0.29) is 11.6 Å². The Bertz CT molecular complexity index is 843. The second-order valence-electron chi connectivity index (χ2n) is 5.35. The van der Waals surface area contributed by atoms with Gasteiger partial charge >= 0.3 is 0 Å². The first-order valence-corrected chi connectivity index (χ1v) is 7.37. The van der Waals surface area contributed by atoms with Gasteiger partial charge in [0, 0.05) is 5.56 Å². The highest BCUT2D eigenvalue weighted by Crippen LogP contribution is 2.25. The number of rotatable bonds is 3. The lowest BCUT2D eigenvalue weighted by Crippen LogP contribution is -2.14. The van der Waals surface area contributed by atoms with Gasteiger partial charge in [0.2, 0.25) is 0 Å². The fraction of sp³-hybridized carbons (Fsp3) is 0.0500. The maximum Gasteiger partial charge on any atom is 0.256 e. The van der Waals surface area contributed by atoms with E-state index in [1.165, 1.54) is 6.07 Å². The van der Waals surface area contributed by atoms with E-state index in [4.69, 9.17) is 0 Å². The molecule has 0 aliphatic rings. The Kier molecular flexibility index (Phi) is 4.20. The van der Waals surface area contributed by atoms with Gasteiger partial charge in [-0.05, 0) is 41.8 Å². The van der Waals surface area contributed by atoms with Crippen molar-refractivity contribution in [3.63, 3.8) is 0 Å². The molecule has 3 aromatic carbocycles. The highest BCUT2D eigenvalue weighted by molar-refractivity contribution is 6.08. The molecule has 0 bridgehead atoms. The van der Waals surface area contributed by atoms with E-state index >= 15 is 0 Å². The van der Waals surface area contributed by atoms with Crippen LogP contribution in [0.1, 0.15) is 15.9 Å². The van der Waals surface area contributed by atoms with Crippen molar-refractivity contribution in [2.45, 2.75) is 6.92 Å². The van der Waals surface area contributed by atoms with E-state index in [9.17, 15) is 9.18 Å². The molecule has 2 nitrogen and oxygen atoms in total. The number of carbonyl (C=O) groups is 1. The van der Waals surface area contributed by atoms with Crippen molar-refractivity contribution in [2.75, 3.05) is 5.32 Å². The number of anilines is 1. The van der Waals surface area contributed by atoms with Gasteiger partial charge in [-0.15, -0.1) is 0 Å². The number of carbonyl (C=O) groups excluding carboxylic acids is 1. The Morgan fingerprint density at radius 2 is 1.61 bits per heavy atom. The van der Waals surface area contributed by atoms with Gasteiger partial charge in [-0.3, -0.25) is 4.79 Å². The summed E-state index contributed by atoms with van der Waals surface area (Å²) < 4.78 is 13.9. The summed E-state index contributed by atoms with van der Waals surface area (Å²) in [5.74, 6) is -0.768. The molecule has 23 heavy (non-hydrogen) atoms. The summed E-state index contributed by atoms with van der Waals surface area (Å²) in [5, 5.41) is 2.66. The molecule has 1 amide bonds. The maximum atomic E-state index is 13.9. The van der Waals surface area contributed by atoms with Gasteiger partial charge in [0.25, 0.3) is 5.91 Å². The quantitative estimate of drug-likeness (QED) is 0.720. The largest absolute Gasteiger partial charge is 0.319 e. The van der Waals surface area contributed by atoms with E-state index in [0.717, 1.165) is 16.7 Å². The Morgan fingerprint density at radius 1 is 0.913 bits per heavy atom. The normalized spacial score (nSPS) is 10.3. The molecule has 0 aliphatic carbocycles. The first-order chi connectivity index (χ1) is 11.1. The number of halogens is 1. The van der Waals surface area contributed by atoms with E-state index in [1.54, 1.807) is 24.3 Å². The molecule has 0 unspecified atom stereocenters. The second-order valence-corrected chi connectivity index (χ2v) is 5.35. The molecular formula is C20H16FNO. The zero-order valence-electron chi connectivity index (χ0n) is 12.7. The van der Waals surface area contributed by atoms with Crippen LogP contribution in [0.25, 0.3) is 11.1 Å². The predicted octanol–water partition coefficient (Wildman–Crippen LogP) is 5.05. The SMILES string of the molecule is Cc1ccc(F)c(NC(=O)c2ccccc2-c2ccccc2)c1. The van der Waals surface area contributed by atoms with Crippen LogP contribution in [0.3, 0.4) is 0 Å². The molecule has 0 radical (unpaired) electrons. The van der Waals surface area contributed by atoms with Gasteiger partial charge in [-0.2, -0.15) is 0 Å². The molecule has 0 heterocycles. The van der Waals surface area contributed by atoms with Crippen molar-refractivity contribution >= 4 is 11.6 Å². The van der Waals surface area contributed by atoms with Crippen molar-refractivity contribution < 1.29 is 9.18 Å². The average molecular weight is 305 g/mol. The number of hydrogen-bond acceptors (Lipinski definition) is 1. The van der Waals surface area contributed by atoms with Crippen LogP contribution in [0, 0.1) is 12.7 Å². The van der Waals surface area contributed by atoms with Crippen molar-refractivity contribution in [1.29, 1.82) is 0 Å². The lowest BCUT2D eigenvalue weighted by atomic mass is 9.99. The molecule has 0 atom stereocenters. The Hall–Kier alpha value is -2.94. The molecule has 0 fully saturated rings. The lowest BCUT2D eigenvalue weighted by molar-refractivity contribution is 0.102. The zero-order valence-corrected chi connectivity index (χ0v) is 12.7.